The molecule has 76 valence electrons. The minimum absolute atomic E-state index is 0.118. The number of benzene rings is 1. The summed E-state index contributed by atoms with van der Waals surface area (Å²) in [4.78, 5) is 10.6. The Morgan fingerprint density at radius 3 is 2.79 bits per heavy atom. The summed E-state index contributed by atoms with van der Waals surface area (Å²) < 4.78 is 0. The molecule has 1 atom stereocenters. The van der Waals surface area contributed by atoms with Crippen LogP contribution < -0.4 is 5.73 Å². The van der Waals surface area contributed by atoms with E-state index in [2.05, 4.69) is 0 Å². The van der Waals surface area contributed by atoms with E-state index in [-0.39, 0.29) is 6.42 Å². The molecule has 1 unspecified atom stereocenters. The van der Waals surface area contributed by atoms with Crippen LogP contribution in [0.5, 0.6) is 0 Å². The molecule has 0 saturated carbocycles. The van der Waals surface area contributed by atoms with Gasteiger partial charge in [0.25, 0.3) is 0 Å². The highest BCUT2D eigenvalue weighted by molar-refractivity contribution is 6.30. The van der Waals surface area contributed by atoms with Crippen LogP contribution in [0.1, 0.15) is 18.9 Å². The third-order valence-corrected chi connectivity index (χ3v) is 2.24. The second-order valence-electron chi connectivity index (χ2n) is 3.50. The van der Waals surface area contributed by atoms with Gasteiger partial charge in [0.1, 0.15) is 0 Å². The van der Waals surface area contributed by atoms with Crippen LogP contribution in [-0.4, -0.2) is 11.1 Å². The van der Waals surface area contributed by atoms with Crippen LogP contribution in [0.2, 0.25) is 5.02 Å². The van der Waals surface area contributed by atoms with Crippen LogP contribution in [0.25, 0.3) is 0 Å². The third kappa shape index (κ3) is 2.72. The van der Waals surface area contributed by atoms with Crippen LogP contribution in [0, 0.1) is 0 Å². The smallest absolute Gasteiger partial charge is 0.305 e. The summed E-state index contributed by atoms with van der Waals surface area (Å²) >= 11 is 5.78. The van der Waals surface area contributed by atoms with Crippen molar-refractivity contribution in [3.8, 4) is 0 Å². The molecule has 0 aliphatic rings. The Labute approximate surface area is 87.5 Å². The molecule has 0 fully saturated rings. The van der Waals surface area contributed by atoms with Crippen molar-refractivity contribution >= 4 is 17.6 Å². The van der Waals surface area contributed by atoms with Gasteiger partial charge in [-0.3, -0.25) is 4.79 Å². The topological polar surface area (TPSA) is 63.3 Å². The van der Waals surface area contributed by atoms with E-state index in [1.54, 1.807) is 31.2 Å². The summed E-state index contributed by atoms with van der Waals surface area (Å²) in [6.07, 6.45) is -0.118. The molecule has 1 aromatic rings. The molecule has 0 bridgehead atoms. The number of hydrogen-bond acceptors (Lipinski definition) is 2. The summed E-state index contributed by atoms with van der Waals surface area (Å²) in [7, 11) is 0. The maximum atomic E-state index is 10.6. The molecular weight excluding hydrogens is 202 g/mol. The number of carboxylic acid groups (broad SMARTS) is 1. The SMILES string of the molecule is CC(N)(CC(=O)O)c1cccc(Cl)c1. The van der Waals surface area contributed by atoms with Gasteiger partial charge in [0.15, 0.2) is 0 Å². The molecule has 4 heteroatoms. The fourth-order valence-corrected chi connectivity index (χ4v) is 1.45. The van der Waals surface area contributed by atoms with E-state index in [0.29, 0.717) is 5.02 Å². The number of halogens is 1. The number of rotatable bonds is 3. The van der Waals surface area contributed by atoms with Crippen molar-refractivity contribution in [3.05, 3.63) is 34.9 Å². The van der Waals surface area contributed by atoms with Gasteiger partial charge < -0.3 is 10.8 Å². The Balaban J connectivity index is 2.97. The minimum Gasteiger partial charge on any atom is -0.481 e. The molecule has 3 N–H and O–H groups in total. The maximum absolute atomic E-state index is 10.6. The van der Waals surface area contributed by atoms with Crippen LogP contribution in [0.3, 0.4) is 0 Å². The standard InChI is InChI=1S/C10H12ClNO2/c1-10(12,6-9(13)14)7-3-2-4-8(11)5-7/h2-5H,6,12H2,1H3,(H,13,14). The van der Waals surface area contributed by atoms with E-state index < -0.39 is 11.5 Å². The Kier molecular flexibility index (Phi) is 3.13. The summed E-state index contributed by atoms with van der Waals surface area (Å²) in [5.41, 5.74) is 5.72. The van der Waals surface area contributed by atoms with Crippen molar-refractivity contribution < 1.29 is 9.90 Å². The van der Waals surface area contributed by atoms with Gasteiger partial charge in [-0.1, -0.05) is 23.7 Å². The lowest BCUT2D eigenvalue weighted by molar-refractivity contribution is -0.138. The quantitative estimate of drug-likeness (QED) is 0.807. The first kappa shape index (κ1) is 11.0. The number of nitrogens with two attached hydrogens (primary N) is 1. The fraction of sp³-hybridized carbons (Fsp3) is 0.300. The van der Waals surface area contributed by atoms with E-state index >= 15 is 0 Å². The Morgan fingerprint density at radius 2 is 2.29 bits per heavy atom. The van der Waals surface area contributed by atoms with E-state index in [4.69, 9.17) is 22.4 Å². The number of carbonyl (C=O) groups is 1. The summed E-state index contributed by atoms with van der Waals surface area (Å²) in [5.74, 6) is -0.921. The Bertz CT molecular complexity index is 350. The number of aliphatic carboxylic acids is 1. The maximum Gasteiger partial charge on any atom is 0.305 e. The summed E-state index contributed by atoms with van der Waals surface area (Å²) in [6.45, 7) is 1.67. The number of hydrogen-bond donors (Lipinski definition) is 2. The molecule has 0 aliphatic heterocycles. The average Bonchev–Trinajstić information content (AvgIpc) is 2.01. The third-order valence-electron chi connectivity index (χ3n) is 2.00. The Hall–Kier alpha value is -1.06. The predicted octanol–water partition coefficient (Wildman–Crippen LogP) is 1.99. The molecule has 0 radical (unpaired) electrons. The molecule has 0 spiro atoms. The zero-order valence-electron chi connectivity index (χ0n) is 7.83. The lowest BCUT2D eigenvalue weighted by Crippen LogP contribution is -2.35. The minimum atomic E-state index is -0.921. The van der Waals surface area contributed by atoms with E-state index in [1.807, 2.05) is 0 Å². The molecule has 3 nitrogen and oxygen atoms in total. The van der Waals surface area contributed by atoms with Crippen molar-refractivity contribution in [3.63, 3.8) is 0 Å². The van der Waals surface area contributed by atoms with Gasteiger partial charge >= 0.3 is 5.97 Å². The summed E-state index contributed by atoms with van der Waals surface area (Å²) in [6, 6.07) is 6.94. The Morgan fingerprint density at radius 1 is 1.64 bits per heavy atom. The molecule has 0 aromatic heterocycles. The lowest BCUT2D eigenvalue weighted by Gasteiger charge is -2.23. The van der Waals surface area contributed by atoms with Gasteiger partial charge in [0, 0.05) is 10.6 Å². The van der Waals surface area contributed by atoms with Crippen LogP contribution in [0.4, 0.5) is 0 Å². The average molecular weight is 214 g/mol. The predicted molar refractivity (Wildman–Crippen MR) is 55.2 cm³/mol. The molecule has 1 aromatic carbocycles. The van der Waals surface area contributed by atoms with Gasteiger partial charge in [0.05, 0.1) is 6.42 Å². The second kappa shape index (κ2) is 3.98. The van der Waals surface area contributed by atoms with E-state index in [1.165, 1.54) is 0 Å². The van der Waals surface area contributed by atoms with Gasteiger partial charge in [-0.05, 0) is 24.6 Å². The highest BCUT2D eigenvalue weighted by Crippen LogP contribution is 2.23. The van der Waals surface area contributed by atoms with Crippen molar-refractivity contribution in [1.82, 2.24) is 0 Å². The monoisotopic (exact) mass is 213 g/mol. The van der Waals surface area contributed by atoms with E-state index in [0.717, 1.165) is 5.56 Å². The highest BCUT2D eigenvalue weighted by atomic mass is 35.5. The van der Waals surface area contributed by atoms with Gasteiger partial charge in [0.2, 0.25) is 0 Å². The van der Waals surface area contributed by atoms with Crippen LogP contribution in [-0.2, 0) is 10.3 Å². The first-order valence-electron chi connectivity index (χ1n) is 4.18. The molecule has 0 aliphatic carbocycles. The largest absolute Gasteiger partial charge is 0.481 e. The van der Waals surface area contributed by atoms with Crippen LogP contribution >= 0.6 is 11.6 Å². The van der Waals surface area contributed by atoms with Crippen molar-refractivity contribution in [1.29, 1.82) is 0 Å². The first-order chi connectivity index (χ1) is 6.42. The molecule has 14 heavy (non-hydrogen) atoms. The van der Waals surface area contributed by atoms with Crippen molar-refractivity contribution in [2.24, 2.45) is 5.73 Å². The molecule has 0 saturated heterocycles. The lowest BCUT2D eigenvalue weighted by atomic mass is 9.90. The zero-order valence-corrected chi connectivity index (χ0v) is 8.58. The second-order valence-corrected chi connectivity index (χ2v) is 3.93. The highest BCUT2D eigenvalue weighted by Gasteiger charge is 2.24. The summed E-state index contributed by atoms with van der Waals surface area (Å²) in [5, 5.41) is 9.23. The van der Waals surface area contributed by atoms with Crippen LogP contribution in [0.15, 0.2) is 24.3 Å². The fourth-order valence-electron chi connectivity index (χ4n) is 1.26. The molecule has 0 amide bonds. The molecule has 1 rings (SSSR count). The van der Waals surface area contributed by atoms with Gasteiger partial charge in [-0.15, -0.1) is 0 Å². The first-order valence-corrected chi connectivity index (χ1v) is 4.56. The molecule has 0 heterocycles. The van der Waals surface area contributed by atoms with Gasteiger partial charge in [-0.2, -0.15) is 0 Å². The van der Waals surface area contributed by atoms with Gasteiger partial charge in [-0.25, -0.2) is 0 Å². The van der Waals surface area contributed by atoms with E-state index in [9.17, 15) is 4.79 Å². The normalized spacial score (nSPS) is 14.8. The number of carboxylic acids is 1. The molecular formula is C10H12ClNO2. The zero-order chi connectivity index (χ0) is 10.8. The van der Waals surface area contributed by atoms with Crippen molar-refractivity contribution in [2.75, 3.05) is 0 Å². The van der Waals surface area contributed by atoms with Crippen molar-refractivity contribution in [2.45, 2.75) is 18.9 Å².